The molecule has 1 heterocycles. The van der Waals surface area contributed by atoms with Crippen LogP contribution in [0, 0.1) is 27.9 Å². The number of allylic oxidation sites excluding steroid dienone is 1. The molecule has 3 rings (SSSR count). The Hall–Kier alpha value is -3.36. The van der Waals surface area contributed by atoms with E-state index in [1.807, 2.05) is 0 Å². The zero-order chi connectivity index (χ0) is 22.2. The first kappa shape index (κ1) is 21.4. The molecule has 0 N–H and O–H groups in total. The molecular formula is C21H22N2O7. The van der Waals surface area contributed by atoms with Crippen molar-refractivity contribution in [2.24, 2.45) is 22.7 Å². The molecule has 0 spiro atoms. The van der Waals surface area contributed by atoms with E-state index in [9.17, 15) is 24.5 Å². The smallest absolute Gasteiger partial charge is 0.336 e. The molecule has 158 valence electrons. The van der Waals surface area contributed by atoms with Gasteiger partial charge in [0, 0.05) is 29.5 Å². The van der Waals surface area contributed by atoms with Gasteiger partial charge in [-0.15, -0.1) is 0 Å². The van der Waals surface area contributed by atoms with Crippen molar-refractivity contribution < 1.29 is 28.8 Å². The zero-order valence-electron chi connectivity index (χ0n) is 17.1. The molecular weight excluding hydrogens is 392 g/mol. The summed E-state index contributed by atoms with van der Waals surface area (Å²) in [6.45, 7) is 3.45. The average molecular weight is 414 g/mol. The Balaban J connectivity index is 2.17. The van der Waals surface area contributed by atoms with Gasteiger partial charge in [-0.25, -0.2) is 4.79 Å². The first-order chi connectivity index (χ1) is 14.2. The number of non-ortho nitro benzene ring substituents is 1. The molecule has 9 heteroatoms. The lowest BCUT2D eigenvalue weighted by Crippen LogP contribution is -2.48. The van der Waals surface area contributed by atoms with Crippen molar-refractivity contribution in [2.45, 2.75) is 26.2 Å². The molecule has 2 aliphatic rings. The molecule has 1 aromatic rings. The maximum Gasteiger partial charge on any atom is 0.336 e. The molecule has 1 aliphatic carbocycles. The highest BCUT2D eigenvalue weighted by atomic mass is 16.6. The Labute approximate surface area is 172 Å². The van der Waals surface area contributed by atoms with Gasteiger partial charge in [0.05, 0.1) is 30.6 Å². The van der Waals surface area contributed by atoms with Gasteiger partial charge in [0.25, 0.3) is 5.69 Å². The van der Waals surface area contributed by atoms with Gasteiger partial charge < -0.3 is 9.47 Å². The van der Waals surface area contributed by atoms with Crippen molar-refractivity contribution >= 4 is 29.1 Å². The summed E-state index contributed by atoms with van der Waals surface area (Å²) >= 11 is 0. The Morgan fingerprint density at radius 2 is 1.77 bits per heavy atom. The molecule has 1 saturated carbocycles. The lowest BCUT2D eigenvalue weighted by molar-refractivity contribution is -0.384. The van der Waals surface area contributed by atoms with Crippen LogP contribution >= 0.6 is 0 Å². The highest BCUT2D eigenvalue weighted by Gasteiger charge is 2.51. The number of rotatable bonds is 4. The van der Waals surface area contributed by atoms with Crippen LogP contribution in [0.5, 0.6) is 0 Å². The normalized spacial score (nSPS) is 25.9. The number of hydrogen-bond donors (Lipinski definition) is 0. The van der Waals surface area contributed by atoms with E-state index < -0.39 is 34.6 Å². The maximum atomic E-state index is 13.4. The lowest BCUT2D eigenvalue weighted by Gasteiger charge is -2.39. The molecule has 0 bridgehead atoms. The van der Waals surface area contributed by atoms with Crippen LogP contribution in [0.1, 0.15) is 31.7 Å². The number of ether oxygens (including phenoxy) is 2. The van der Waals surface area contributed by atoms with E-state index in [2.05, 4.69) is 4.99 Å². The summed E-state index contributed by atoms with van der Waals surface area (Å²) in [7, 11) is 2.46. The predicted octanol–water partition coefficient (Wildman–Crippen LogP) is 2.59. The van der Waals surface area contributed by atoms with Gasteiger partial charge in [0.15, 0.2) is 5.78 Å². The number of fused-ring (bicyclic) bond motifs is 1. The Morgan fingerprint density at radius 1 is 1.13 bits per heavy atom. The van der Waals surface area contributed by atoms with Crippen molar-refractivity contribution in [3.8, 4) is 0 Å². The Kier molecular flexibility index (Phi) is 5.82. The molecule has 1 fully saturated rings. The standard InChI is InChI=1S/C21H22N2O7/c1-10-9-14-18(19(24)15(10)20(25)29-3)17(16(11(2)22-14)21(26)30-4)12-5-7-13(8-6-12)23(27)28/h5-8,10,15,17-18H,9H2,1-4H3/t10-,15+,17+,18?/m0/s1. The van der Waals surface area contributed by atoms with E-state index >= 15 is 0 Å². The number of hydrogen-bond acceptors (Lipinski definition) is 8. The fourth-order valence-corrected chi connectivity index (χ4v) is 4.37. The van der Waals surface area contributed by atoms with Gasteiger partial charge >= 0.3 is 11.9 Å². The molecule has 1 aromatic carbocycles. The number of nitro groups is 1. The summed E-state index contributed by atoms with van der Waals surface area (Å²) in [5, 5.41) is 11.0. The number of esters is 2. The van der Waals surface area contributed by atoms with Crippen LogP contribution in [-0.2, 0) is 23.9 Å². The molecule has 30 heavy (non-hydrogen) atoms. The zero-order valence-corrected chi connectivity index (χ0v) is 17.1. The highest BCUT2D eigenvalue weighted by molar-refractivity contribution is 6.17. The third-order valence-corrected chi connectivity index (χ3v) is 5.74. The van der Waals surface area contributed by atoms with Gasteiger partial charge in [-0.05, 0) is 24.8 Å². The minimum absolute atomic E-state index is 0.111. The number of methoxy groups -OCH3 is 2. The number of ketones is 1. The minimum atomic E-state index is -0.975. The Morgan fingerprint density at radius 3 is 2.30 bits per heavy atom. The molecule has 4 atom stereocenters. The predicted molar refractivity (Wildman–Crippen MR) is 106 cm³/mol. The largest absolute Gasteiger partial charge is 0.468 e. The van der Waals surface area contributed by atoms with E-state index in [-0.39, 0.29) is 23.0 Å². The average Bonchev–Trinajstić information content (AvgIpc) is 2.72. The van der Waals surface area contributed by atoms with Crippen LogP contribution in [-0.4, -0.2) is 42.6 Å². The highest BCUT2D eigenvalue weighted by Crippen LogP contribution is 2.46. The van der Waals surface area contributed by atoms with Crippen LogP contribution in [0.25, 0.3) is 0 Å². The summed E-state index contributed by atoms with van der Waals surface area (Å²) in [5.74, 6) is -4.54. The van der Waals surface area contributed by atoms with E-state index in [0.29, 0.717) is 23.4 Å². The fraction of sp³-hybridized carbons (Fsp3) is 0.429. The number of nitro benzene ring substituents is 1. The van der Waals surface area contributed by atoms with Crippen LogP contribution in [0.4, 0.5) is 5.69 Å². The number of benzene rings is 1. The summed E-state index contributed by atoms with van der Waals surface area (Å²) < 4.78 is 9.76. The third-order valence-electron chi connectivity index (χ3n) is 5.74. The quantitative estimate of drug-likeness (QED) is 0.321. The van der Waals surface area contributed by atoms with E-state index in [4.69, 9.17) is 9.47 Å². The fourth-order valence-electron chi connectivity index (χ4n) is 4.37. The summed E-state index contributed by atoms with van der Waals surface area (Å²) in [6.07, 6.45) is 0.394. The second-order valence-corrected chi connectivity index (χ2v) is 7.48. The lowest BCUT2D eigenvalue weighted by atomic mass is 9.64. The first-order valence-corrected chi connectivity index (χ1v) is 9.43. The van der Waals surface area contributed by atoms with Crippen molar-refractivity contribution in [1.82, 2.24) is 0 Å². The molecule has 0 aromatic heterocycles. The second-order valence-electron chi connectivity index (χ2n) is 7.48. The molecule has 9 nitrogen and oxygen atoms in total. The van der Waals surface area contributed by atoms with Crippen LogP contribution < -0.4 is 0 Å². The molecule has 0 radical (unpaired) electrons. The Bertz CT molecular complexity index is 978. The second kappa shape index (κ2) is 8.17. The molecule has 1 aliphatic heterocycles. The van der Waals surface area contributed by atoms with E-state index in [1.54, 1.807) is 13.8 Å². The van der Waals surface area contributed by atoms with E-state index in [1.165, 1.54) is 38.5 Å². The van der Waals surface area contributed by atoms with Gasteiger partial charge in [-0.1, -0.05) is 19.1 Å². The molecule has 0 amide bonds. The van der Waals surface area contributed by atoms with Crippen LogP contribution in [0.2, 0.25) is 0 Å². The summed E-state index contributed by atoms with van der Waals surface area (Å²) in [4.78, 5) is 53.3. The summed E-state index contributed by atoms with van der Waals surface area (Å²) in [6, 6.07) is 5.66. The van der Waals surface area contributed by atoms with Crippen LogP contribution in [0.15, 0.2) is 40.5 Å². The third kappa shape index (κ3) is 3.51. The van der Waals surface area contributed by atoms with Crippen molar-refractivity contribution in [3.63, 3.8) is 0 Å². The van der Waals surface area contributed by atoms with Gasteiger partial charge in [-0.3, -0.25) is 24.7 Å². The first-order valence-electron chi connectivity index (χ1n) is 9.43. The van der Waals surface area contributed by atoms with Gasteiger partial charge in [0.2, 0.25) is 0 Å². The topological polar surface area (TPSA) is 125 Å². The molecule has 0 saturated heterocycles. The SMILES string of the molecule is COC(=O)C1=C(C)N=C2C[C@H](C)[C@@H](C(=O)OC)C(=O)C2[C@@H]1c1ccc([N+](=O)[O-])cc1. The molecule has 1 unspecified atom stereocenters. The van der Waals surface area contributed by atoms with Gasteiger partial charge in [0.1, 0.15) is 5.92 Å². The number of carbonyl (C=O) groups is 3. The van der Waals surface area contributed by atoms with Crippen LogP contribution in [0.3, 0.4) is 0 Å². The monoisotopic (exact) mass is 414 g/mol. The number of nitrogens with zero attached hydrogens (tertiary/aromatic N) is 2. The number of aliphatic imine (C=N–C) groups is 1. The van der Waals surface area contributed by atoms with E-state index in [0.717, 1.165) is 0 Å². The van der Waals surface area contributed by atoms with Gasteiger partial charge in [-0.2, -0.15) is 0 Å². The van der Waals surface area contributed by atoms with Crippen molar-refractivity contribution in [1.29, 1.82) is 0 Å². The minimum Gasteiger partial charge on any atom is -0.468 e. The van der Waals surface area contributed by atoms with Crippen molar-refractivity contribution in [3.05, 3.63) is 51.2 Å². The maximum absolute atomic E-state index is 13.4. The number of Topliss-reactive ketones (excluding diaryl/α,β-unsaturated/α-hetero) is 1. The van der Waals surface area contributed by atoms with Crippen molar-refractivity contribution in [2.75, 3.05) is 14.2 Å². The number of carbonyl (C=O) groups excluding carboxylic acids is 3. The summed E-state index contributed by atoms with van der Waals surface area (Å²) in [5.41, 5.74) is 1.63.